The van der Waals surface area contributed by atoms with Gasteiger partial charge in [-0.05, 0) is 29.4 Å². The fourth-order valence-corrected chi connectivity index (χ4v) is 4.56. The maximum absolute atomic E-state index is 12.4. The molecule has 128 valence electrons. The molecule has 0 bridgehead atoms. The molecule has 1 spiro atoms. The first-order valence-electron chi connectivity index (χ1n) is 8.65. The second-order valence-electron chi connectivity index (χ2n) is 7.20. The first-order valence-corrected chi connectivity index (χ1v) is 8.65. The van der Waals surface area contributed by atoms with Crippen LogP contribution in [-0.4, -0.2) is 22.5 Å². The monoisotopic (exact) mass is 343 g/mol. The summed E-state index contributed by atoms with van der Waals surface area (Å²) in [5.74, 6) is -0.234. The number of amides is 3. The van der Waals surface area contributed by atoms with Gasteiger partial charge < -0.3 is 5.32 Å². The Morgan fingerprint density at radius 1 is 0.885 bits per heavy atom. The molecule has 2 fully saturated rings. The maximum atomic E-state index is 12.4. The van der Waals surface area contributed by atoms with Gasteiger partial charge in [-0.3, -0.25) is 15.1 Å². The zero-order valence-electron chi connectivity index (χ0n) is 14.0. The minimum absolute atomic E-state index is 0.234. The van der Waals surface area contributed by atoms with Crippen LogP contribution in [0.5, 0.6) is 0 Å². The van der Waals surface area contributed by atoms with Crippen molar-refractivity contribution < 1.29 is 9.59 Å². The van der Waals surface area contributed by atoms with Gasteiger partial charge in [-0.15, -0.1) is 0 Å². The van der Waals surface area contributed by atoms with Crippen LogP contribution in [0.3, 0.4) is 0 Å². The van der Waals surface area contributed by atoms with Crippen LogP contribution in [0.15, 0.2) is 67.0 Å². The highest BCUT2D eigenvalue weighted by atomic mass is 16.2. The molecule has 1 aliphatic carbocycles. The molecule has 1 aromatic heterocycles. The second kappa shape index (κ2) is 5.14. The third kappa shape index (κ3) is 1.94. The molecular formula is C21H17N3O2. The standard InChI is InChI=1S/C21H17N3O2/c25-18-21(24-19(26)23-18)12-20(13-21,15-7-2-1-3-8-15)17-11-22-10-14-6-4-5-9-16(14)17/h1-11H,12-13H2,(H2,23,24,25,26). The van der Waals surface area contributed by atoms with Crippen molar-refractivity contribution in [3.8, 4) is 0 Å². The van der Waals surface area contributed by atoms with Crippen LogP contribution in [-0.2, 0) is 10.2 Å². The van der Waals surface area contributed by atoms with Gasteiger partial charge in [-0.2, -0.15) is 0 Å². The molecule has 2 aromatic carbocycles. The summed E-state index contributed by atoms with van der Waals surface area (Å²) >= 11 is 0. The molecule has 2 N–H and O–H groups in total. The van der Waals surface area contributed by atoms with Crippen LogP contribution in [0.25, 0.3) is 10.8 Å². The average molecular weight is 343 g/mol. The summed E-state index contributed by atoms with van der Waals surface area (Å²) in [6, 6.07) is 17.9. The molecule has 3 aromatic rings. The molecule has 2 aliphatic rings. The molecule has 3 amide bonds. The maximum Gasteiger partial charge on any atom is 0.322 e. The lowest BCUT2D eigenvalue weighted by Crippen LogP contribution is -2.64. The predicted molar refractivity (Wildman–Crippen MR) is 97.6 cm³/mol. The van der Waals surface area contributed by atoms with E-state index >= 15 is 0 Å². The molecule has 1 aliphatic heterocycles. The number of hydrogen-bond donors (Lipinski definition) is 2. The predicted octanol–water partition coefficient (Wildman–Crippen LogP) is 2.89. The van der Waals surface area contributed by atoms with Crippen molar-refractivity contribution >= 4 is 22.7 Å². The summed E-state index contributed by atoms with van der Waals surface area (Å²) in [4.78, 5) is 28.5. The van der Waals surface area contributed by atoms with Crippen molar-refractivity contribution in [2.45, 2.75) is 23.8 Å². The summed E-state index contributed by atoms with van der Waals surface area (Å²) < 4.78 is 0. The Morgan fingerprint density at radius 3 is 2.35 bits per heavy atom. The Balaban J connectivity index is 1.70. The quantitative estimate of drug-likeness (QED) is 0.703. The first kappa shape index (κ1) is 15.1. The van der Waals surface area contributed by atoms with Crippen molar-refractivity contribution in [1.29, 1.82) is 0 Å². The van der Waals surface area contributed by atoms with E-state index in [0.717, 1.165) is 21.9 Å². The van der Waals surface area contributed by atoms with E-state index in [9.17, 15) is 9.59 Å². The second-order valence-corrected chi connectivity index (χ2v) is 7.20. The Labute approximate surface area is 150 Å². The van der Waals surface area contributed by atoms with Crippen molar-refractivity contribution in [3.05, 3.63) is 78.1 Å². The third-order valence-electron chi connectivity index (χ3n) is 5.73. The smallest absolute Gasteiger partial charge is 0.322 e. The minimum Gasteiger partial charge on any atom is -0.323 e. The van der Waals surface area contributed by atoms with E-state index in [-0.39, 0.29) is 11.3 Å². The molecule has 1 saturated carbocycles. The van der Waals surface area contributed by atoms with Crippen LogP contribution in [0.2, 0.25) is 0 Å². The molecule has 1 saturated heterocycles. The Morgan fingerprint density at radius 2 is 1.62 bits per heavy atom. The molecule has 5 heteroatoms. The summed E-state index contributed by atoms with van der Waals surface area (Å²) in [5, 5.41) is 7.42. The number of imide groups is 1. The number of pyridine rings is 1. The number of hydrogen-bond acceptors (Lipinski definition) is 3. The highest BCUT2D eigenvalue weighted by Gasteiger charge is 2.64. The zero-order chi connectivity index (χ0) is 17.8. The fraction of sp³-hybridized carbons (Fsp3) is 0.190. The Bertz CT molecular complexity index is 1030. The number of urea groups is 1. The molecule has 5 rings (SSSR count). The lowest BCUT2D eigenvalue weighted by atomic mass is 9.51. The summed E-state index contributed by atoms with van der Waals surface area (Å²) in [5.41, 5.74) is 1.05. The third-order valence-corrected chi connectivity index (χ3v) is 5.73. The van der Waals surface area contributed by atoms with E-state index in [1.165, 1.54) is 0 Å². The van der Waals surface area contributed by atoms with Crippen LogP contribution in [0.4, 0.5) is 4.79 Å². The van der Waals surface area contributed by atoms with E-state index in [0.29, 0.717) is 12.8 Å². The largest absolute Gasteiger partial charge is 0.323 e. The number of carbonyl (C=O) groups excluding carboxylic acids is 2. The topological polar surface area (TPSA) is 71.1 Å². The zero-order valence-corrected chi connectivity index (χ0v) is 14.0. The molecule has 0 atom stereocenters. The summed E-state index contributed by atoms with van der Waals surface area (Å²) in [6.45, 7) is 0. The van der Waals surface area contributed by atoms with Gasteiger partial charge in [-0.25, -0.2) is 4.79 Å². The lowest BCUT2D eigenvalue weighted by Gasteiger charge is -2.53. The number of aromatic nitrogens is 1. The van der Waals surface area contributed by atoms with Crippen molar-refractivity contribution in [2.75, 3.05) is 0 Å². The van der Waals surface area contributed by atoms with Gasteiger partial charge in [-0.1, -0.05) is 54.6 Å². The number of rotatable bonds is 2. The van der Waals surface area contributed by atoms with Crippen LogP contribution in [0, 0.1) is 0 Å². The lowest BCUT2D eigenvalue weighted by molar-refractivity contribution is -0.128. The van der Waals surface area contributed by atoms with Crippen LogP contribution < -0.4 is 10.6 Å². The first-order chi connectivity index (χ1) is 12.6. The van der Waals surface area contributed by atoms with Crippen LogP contribution in [0.1, 0.15) is 24.0 Å². The van der Waals surface area contributed by atoms with Gasteiger partial charge in [0.1, 0.15) is 5.54 Å². The number of nitrogens with one attached hydrogen (secondary N) is 2. The average Bonchev–Trinajstić information content (AvgIpc) is 2.94. The molecule has 26 heavy (non-hydrogen) atoms. The van der Waals surface area contributed by atoms with E-state index in [2.05, 4.69) is 33.8 Å². The molecule has 5 nitrogen and oxygen atoms in total. The van der Waals surface area contributed by atoms with Crippen molar-refractivity contribution in [3.63, 3.8) is 0 Å². The number of benzene rings is 2. The number of nitrogens with zero attached hydrogens (tertiary/aromatic N) is 1. The highest BCUT2D eigenvalue weighted by molar-refractivity contribution is 6.08. The fourth-order valence-electron chi connectivity index (χ4n) is 4.56. The van der Waals surface area contributed by atoms with Crippen LogP contribution >= 0.6 is 0 Å². The molecule has 0 radical (unpaired) electrons. The van der Waals surface area contributed by atoms with Gasteiger partial charge in [0.2, 0.25) is 0 Å². The van der Waals surface area contributed by atoms with E-state index < -0.39 is 11.6 Å². The van der Waals surface area contributed by atoms with Gasteiger partial charge in [0.25, 0.3) is 5.91 Å². The van der Waals surface area contributed by atoms with E-state index in [4.69, 9.17) is 0 Å². The number of fused-ring (bicyclic) bond motifs is 1. The summed E-state index contributed by atoms with van der Waals surface area (Å²) in [6.07, 6.45) is 4.81. The summed E-state index contributed by atoms with van der Waals surface area (Å²) in [7, 11) is 0. The highest BCUT2D eigenvalue weighted by Crippen LogP contribution is 2.56. The van der Waals surface area contributed by atoms with Gasteiger partial charge in [0.05, 0.1) is 0 Å². The van der Waals surface area contributed by atoms with Gasteiger partial charge >= 0.3 is 6.03 Å². The molecule has 0 unspecified atom stereocenters. The Kier molecular flexibility index (Phi) is 2.98. The minimum atomic E-state index is -0.829. The van der Waals surface area contributed by atoms with Crippen molar-refractivity contribution in [2.24, 2.45) is 0 Å². The van der Waals surface area contributed by atoms with Gasteiger partial charge in [0, 0.05) is 23.2 Å². The number of carbonyl (C=O) groups is 2. The normalized spacial score (nSPS) is 27.2. The SMILES string of the molecule is O=C1NC(=O)C2(CC(c3ccccc3)(c3cncc4ccccc34)C2)N1. The molecule has 2 heterocycles. The van der Waals surface area contributed by atoms with Gasteiger partial charge in [0.15, 0.2) is 0 Å². The van der Waals surface area contributed by atoms with Crippen molar-refractivity contribution in [1.82, 2.24) is 15.6 Å². The van der Waals surface area contributed by atoms with E-state index in [1.807, 2.05) is 48.8 Å². The Hall–Kier alpha value is -3.21. The molecular weight excluding hydrogens is 326 g/mol. The van der Waals surface area contributed by atoms with E-state index in [1.54, 1.807) is 0 Å².